The zero-order valence-electron chi connectivity index (χ0n) is 11.3. The predicted molar refractivity (Wildman–Crippen MR) is 77.6 cm³/mol. The van der Waals surface area contributed by atoms with Crippen molar-refractivity contribution in [3.63, 3.8) is 0 Å². The van der Waals surface area contributed by atoms with Crippen molar-refractivity contribution in [2.45, 2.75) is 26.3 Å². The van der Waals surface area contributed by atoms with E-state index in [9.17, 15) is 0 Å². The maximum absolute atomic E-state index is 5.54. The number of aromatic nitrogens is 3. The molecule has 1 atom stereocenters. The molecule has 0 fully saturated rings. The molecule has 0 aliphatic heterocycles. The number of nitrogens with zero attached hydrogens (tertiary/aromatic N) is 2. The highest BCUT2D eigenvalue weighted by Gasteiger charge is 2.06. The lowest BCUT2D eigenvalue weighted by Crippen LogP contribution is -2.20. The zero-order valence-corrected chi connectivity index (χ0v) is 11.3. The lowest BCUT2D eigenvalue weighted by Gasteiger charge is -2.14. The first-order valence-electron chi connectivity index (χ1n) is 6.39. The first-order chi connectivity index (χ1) is 9.17. The number of nitrogens with one attached hydrogen (secondary N) is 3. The summed E-state index contributed by atoms with van der Waals surface area (Å²) >= 11 is 0. The summed E-state index contributed by atoms with van der Waals surface area (Å²) in [5.74, 6) is 2.31. The van der Waals surface area contributed by atoms with E-state index >= 15 is 0 Å². The number of hydrogen-bond donors (Lipinski definition) is 4. The third kappa shape index (κ3) is 3.96. The molecule has 6 nitrogen and oxygen atoms in total. The van der Waals surface area contributed by atoms with Crippen molar-refractivity contribution in [2.75, 3.05) is 17.2 Å². The monoisotopic (exact) mass is 260 g/mol. The summed E-state index contributed by atoms with van der Waals surface area (Å²) in [6, 6.07) is 4.13. The molecule has 2 aromatic rings. The van der Waals surface area contributed by atoms with E-state index in [0.29, 0.717) is 12.6 Å². The van der Waals surface area contributed by atoms with E-state index in [-0.39, 0.29) is 0 Å². The van der Waals surface area contributed by atoms with E-state index < -0.39 is 0 Å². The fourth-order valence-corrected chi connectivity index (χ4v) is 1.83. The molecule has 0 radical (unpaired) electrons. The third-order valence-corrected chi connectivity index (χ3v) is 2.70. The molecule has 5 N–H and O–H groups in total. The normalized spacial score (nSPS) is 12.2. The molecule has 1 unspecified atom stereocenters. The second kappa shape index (κ2) is 6.19. The molecule has 0 bridgehead atoms. The molecule has 0 saturated heterocycles. The van der Waals surface area contributed by atoms with Crippen molar-refractivity contribution in [1.29, 1.82) is 0 Å². The van der Waals surface area contributed by atoms with Gasteiger partial charge in [-0.25, -0.2) is 9.97 Å². The Hall–Kier alpha value is -2.08. The number of nitrogens with two attached hydrogens (primary N) is 1. The molecule has 102 valence electrons. The van der Waals surface area contributed by atoms with E-state index in [1.54, 1.807) is 0 Å². The van der Waals surface area contributed by atoms with E-state index in [1.807, 2.05) is 31.5 Å². The number of H-pyrrole nitrogens is 1. The lowest BCUT2D eigenvalue weighted by atomic mass is 10.2. The summed E-state index contributed by atoms with van der Waals surface area (Å²) < 4.78 is 0. The largest absolute Gasteiger partial charge is 0.367 e. The van der Waals surface area contributed by atoms with Crippen LogP contribution in [0.4, 0.5) is 17.3 Å². The first-order valence-corrected chi connectivity index (χ1v) is 6.39. The second-order valence-corrected chi connectivity index (χ2v) is 4.53. The average molecular weight is 260 g/mol. The first kappa shape index (κ1) is 13.4. The van der Waals surface area contributed by atoms with Gasteiger partial charge in [-0.1, -0.05) is 0 Å². The molecule has 19 heavy (non-hydrogen) atoms. The Labute approximate surface area is 112 Å². The maximum atomic E-state index is 5.54. The molecule has 2 rings (SSSR count). The van der Waals surface area contributed by atoms with Crippen molar-refractivity contribution in [3.8, 4) is 0 Å². The third-order valence-electron chi connectivity index (χ3n) is 2.70. The number of anilines is 3. The van der Waals surface area contributed by atoms with Gasteiger partial charge in [0.1, 0.15) is 17.5 Å². The van der Waals surface area contributed by atoms with E-state index in [0.717, 1.165) is 29.6 Å². The SMILES string of the molecule is Cc1nc(Nc2cc[nH]c2)cc(NC(C)CCN)n1. The van der Waals surface area contributed by atoms with Crippen LogP contribution in [-0.2, 0) is 0 Å². The van der Waals surface area contributed by atoms with E-state index in [4.69, 9.17) is 5.73 Å². The van der Waals surface area contributed by atoms with Crippen LogP contribution in [0, 0.1) is 6.92 Å². The summed E-state index contributed by atoms with van der Waals surface area (Å²) in [4.78, 5) is 11.7. The Kier molecular flexibility index (Phi) is 4.35. The van der Waals surface area contributed by atoms with Gasteiger partial charge in [0.25, 0.3) is 0 Å². The molecule has 2 aromatic heterocycles. The van der Waals surface area contributed by atoms with Crippen molar-refractivity contribution in [3.05, 3.63) is 30.4 Å². The minimum absolute atomic E-state index is 0.291. The molecule has 0 aliphatic rings. The Morgan fingerprint density at radius 2 is 2.16 bits per heavy atom. The van der Waals surface area contributed by atoms with E-state index in [1.165, 1.54) is 0 Å². The highest BCUT2D eigenvalue weighted by Crippen LogP contribution is 2.17. The molecule has 0 saturated carbocycles. The average Bonchev–Trinajstić information content (AvgIpc) is 2.81. The van der Waals surface area contributed by atoms with Crippen LogP contribution in [0.15, 0.2) is 24.5 Å². The summed E-state index contributed by atoms with van der Waals surface area (Å²) in [6.45, 7) is 4.62. The molecule has 6 heteroatoms. The highest BCUT2D eigenvalue weighted by atomic mass is 15.1. The Balaban J connectivity index is 2.10. The number of rotatable bonds is 6. The van der Waals surface area contributed by atoms with Crippen LogP contribution in [0.1, 0.15) is 19.2 Å². The van der Waals surface area contributed by atoms with Crippen LogP contribution in [0.2, 0.25) is 0 Å². The number of hydrogen-bond acceptors (Lipinski definition) is 5. The second-order valence-electron chi connectivity index (χ2n) is 4.53. The molecular weight excluding hydrogens is 240 g/mol. The Bertz CT molecular complexity index is 508. The summed E-state index contributed by atoms with van der Waals surface area (Å²) in [7, 11) is 0. The standard InChI is InChI=1S/C13H20N6/c1-9(3-5-14)16-12-7-13(18-10(2)17-12)19-11-4-6-15-8-11/h4,6-9,15H,3,5,14H2,1-2H3,(H2,16,17,18,19). The summed E-state index contributed by atoms with van der Waals surface area (Å²) in [5.41, 5.74) is 6.52. The predicted octanol–water partition coefficient (Wildman–Crippen LogP) is 2.01. The number of aromatic amines is 1. The molecule has 0 aliphatic carbocycles. The van der Waals surface area contributed by atoms with Gasteiger partial charge < -0.3 is 21.4 Å². The van der Waals surface area contributed by atoms with Gasteiger partial charge in [0.2, 0.25) is 0 Å². The van der Waals surface area contributed by atoms with Crippen LogP contribution in [0.5, 0.6) is 0 Å². The van der Waals surface area contributed by atoms with Crippen molar-refractivity contribution < 1.29 is 0 Å². The lowest BCUT2D eigenvalue weighted by molar-refractivity contribution is 0.712. The zero-order chi connectivity index (χ0) is 13.7. The van der Waals surface area contributed by atoms with Gasteiger partial charge in [0.05, 0.1) is 5.69 Å². The minimum atomic E-state index is 0.291. The van der Waals surface area contributed by atoms with Crippen LogP contribution in [0.3, 0.4) is 0 Å². The fraction of sp³-hybridized carbons (Fsp3) is 0.385. The fourth-order valence-electron chi connectivity index (χ4n) is 1.83. The van der Waals surface area contributed by atoms with E-state index in [2.05, 4.69) is 32.5 Å². The van der Waals surface area contributed by atoms with Crippen LogP contribution < -0.4 is 16.4 Å². The summed E-state index contributed by atoms with van der Waals surface area (Å²) in [6.07, 6.45) is 4.64. The molecule has 0 spiro atoms. The van der Waals surface area contributed by atoms with Crippen LogP contribution in [0.25, 0.3) is 0 Å². The smallest absolute Gasteiger partial charge is 0.136 e. The van der Waals surface area contributed by atoms with Crippen molar-refractivity contribution >= 4 is 17.3 Å². The van der Waals surface area contributed by atoms with Gasteiger partial charge in [0, 0.05) is 24.5 Å². The van der Waals surface area contributed by atoms with Gasteiger partial charge >= 0.3 is 0 Å². The van der Waals surface area contributed by atoms with Crippen molar-refractivity contribution in [1.82, 2.24) is 15.0 Å². The Morgan fingerprint density at radius 3 is 2.84 bits per heavy atom. The van der Waals surface area contributed by atoms with Gasteiger partial charge in [-0.2, -0.15) is 0 Å². The van der Waals surface area contributed by atoms with Crippen LogP contribution >= 0.6 is 0 Å². The van der Waals surface area contributed by atoms with Crippen LogP contribution in [-0.4, -0.2) is 27.5 Å². The Morgan fingerprint density at radius 1 is 1.37 bits per heavy atom. The summed E-state index contributed by atoms with van der Waals surface area (Å²) in [5, 5.41) is 6.55. The highest BCUT2D eigenvalue weighted by molar-refractivity contribution is 5.58. The van der Waals surface area contributed by atoms with Gasteiger partial charge in [-0.3, -0.25) is 0 Å². The maximum Gasteiger partial charge on any atom is 0.136 e. The molecule has 0 aromatic carbocycles. The quantitative estimate of drug-likeness (QED) is 0.637. The van der Waals surface area contributed by atoms with Crippen molar-refractivity contribution in [2.24, 2.45) is 5.73 Å². The molecule has 2 heterocycles. The van der Waals surface area contributed by atoms with Gasteiger partial charge in [-0.05, 0) is 32.9 Å². The van der Waals surface area contributed by atoms with Gasteiger partial charge in [-0.15, -0.1) is 0 Å². The minimum Gasteiger partial charge on any atom is -0.367 e. The topological polar surface area (TPSA) is 91.7 Å². The number of aryl methyl sites for hydroxylation is 1. The van der Waals surface area contributed by atoms with Gasteiger partial charge in [0.15, 0.2) is 0 Å². The molecular formula is C13H20N6. The molecule has 0 amide bonds.